The fraction of sp³-hybridized carbons (Fsp3) is 0.389. The van der Waals surface area contributed by atoms with Crippen LogP contribution in [-0.4, -0.2) is 31.6 Å². The first-order valence-electron chi connectivity index (χ1n) is 7.80. The van der Waals surface area contributed by atoms with Crippen molar-refractivity contribution >= 4 is 17.5 Å². The number of rotatable bonds is 7. The Labute approximate surface area is 147 Å². The smallest absolute Gasteiger partial charge is 0.254 e. The summed E-state index contributed by atoms with van der Waals surface area (Å²) in [4.78, 5) is 14.4. The van der Waals surface area contributed by atoms with Gasteiger partial charge in [0.05, 0.1) is 31.0 Å². The highest BCUT2D eigenvalue weighted by molar-refractivity contribution is 6.32. The highest BCUT2D eigenvalue weighted by Gasteiger charge is 2.23. The number of halogens is 1. The molecule has 0 saturated heterocycles. The van der Waals surface area contributed by atoms with Crippen molar-refractivity contribution in [3.8, 4) is 11.5 Å². The normalized spacial score (nSPS) is 11.9. The van der Waals surface area contributed by atoms with Gasteiger partial charge in [-0.05, 0) is 37.6 Å². The van der Waals surface area contributed by atoms with Gasteiger partial charge >= 0.3 is 0 Å². The van der Waals surface area contributed by atoms with Crippen LogP contribution in [0.1, 0.15) is 42.4 Å². The molecule has 1 heterocycles. The van der Waals surface area contributed by atoms with Gasteiger partial charge in [-0.2, -0.15) is 0 Å². The minimum Gasteiger partial charge on any atom is -0.493 e. The van der Waals surface area contributed by atoms with E-state index in [1.54, 1.807) is 36.4 Å². The van der Waals surface area contributed by atoms with E-state index in [0.717, 1.165) is 6.42 Å². The number of nitrogens with zero attached hydrogens (tertiary/aromatic N) is 1. The lowest BCUT2D eigenvalue weighted by molar-refractivity contribution is 0.0726. The van der Waals surface area contributed by atoms with E-state index in [4.69, 9.17) is 25.5 Å². The predicted octanol–water partition coefficient (Wildman–Crippen LogP) is 4.56. The maximum Gasteiger partial charge on any atom is 0.254 e. The highest BCUT2D eigenvalue weighted by atomic mass is 35.5. The van der Waals surface area contributed by atoms with Crippen LogP contribution in [0.4, 0.5) is 0 Å². The summed E-state index contributed by atoms with van der Waals surface area (Å²) in [6.07, 6.45) is 2.44. The Morgan fingerprint density at radius 1 is 1.42 bits per heavy atom. The van der Waals surface area contributed by atoms with Gasteiger partial charge in [-0.25, -0.2) is 0 Å². The summed E-state index contributed by atoms with van der Waals surface area (Å²) in [6.45, 7) is 4.43. The Bertz CT molecular complexity index is 685. The molecule has 1 amide bonds. The Morgan fingerprint density at radius 2 is 2.17 bits per heavy atom. The molecule has 0 bridgehead atoms. The van der Waals surface area contributed by atoms with Crippen LogP contribution >= 0.6 is 11.6 Å². The summed E-state index contributed by atoms with van der Waals surface area (Å²) < 4.78 is 16.3. The predicted molar refractivity (Wildman–Crippen MR) is 93.0 cm³/mol. The molecule has 0 fully saturated rings. The third kappa shape index (κ3) is 3.85. The van der Waals surface area contributed by atoms with Gasteiger partial charge in [0.25, 0.3) is 5.91 Å². The Balaban J connectivity index is 2.27. The summed E-state index contributed by atoms with van der Waals surface area (Å²) in [6, 6.07) is 6.68. The van der Waals surface area contributed by atoms with Crippen LogP contribution in [0.5, 0.6) is 11.5 Å². The minimum atomic E-state index is -0.201. The van der Waals surface area contributed by atoms with Crippen LogP contribution in [0, 0.1) is 0 Å². The van der Waals surface area contributed by atoms with Gasteiger partial charge in [0.2, 0.25) is 0 Å². The molecule has 6 heteroatoms. The van der Waals surface area contributed by atoms with Crippen molar-refractivity contribution in [3.05, 3.63) is 46.9 Å². The van der Waals surface area contributed by atoms with E-state index in [-0.39, 0.29) is 11.9 Å². The number of hydrogen-bond acceptors (Lipinski definition) is 4. The molecule has 0 spiro atoms. The van der Waals surface area contributed by atoms with Gasteiger partial charge in [0, 0.05) is 12.6 Å². The zero-order valence-corrected chi connectivity index (χ0v) is 15.1. The monoisotopic (exact) mass is 351 g/mol. The van der Waals surface area contributed by atoms with Crippen LogP contribution in [0.25, 0.3) is 0 Å². The third-order valence-corrected chi connectivity index (χ3v) is 4.06. The zero-order chi connectivity index (χ0) is 17.7. The topological polar surface area (TPSA) is 51.9 Å². The van der Waals surface area contributed by atoms with Gasteiger partial charge in [0.15, 0.2) is 11.5 Å². The van der Waals surface area contributed by atoms with E-state index in [2.05, 4.69) is 0 Å². The number of carbonyl (C=O) groups is 1. The van der Waals surface area contributed by atoms with Gasteiger partial charge < -0.3 is 18.8 Å². The lowest BCUT2D eigenvalue weighted by Crippen LogP contribution is -2.29. The molecule has 130 valence electrons. The molecule has 2 rings (SSSR count). The Kier molecular flexibility index (Phi) is 6.15. The number of carbonyl (C=O) groups excluding carboxylic acids is 1. The number of amides is 1. The van der Waals surface area contributed by atoms with Gasteiger partial charge in [-0.15, -0.1) is 0 Å². The molecular weight excluding hydrogens is 330 g/mol. The van der Waals surface area contributed by atoms with E-state index in [1.165, 1.54) is 7.11 Å². The van der Waals surface area contributed by atoms with Crippen LogP contribution in [0.15, 0.2) is 34.9 Å². The fourth-order valence-electron chi connectivity index (χ4n) is 2.29. The lowest BCUT2D eigenvalue weighted by atomic mass is 10.1. The van der Waals surface area contributed by atoms with Crippen LogP contribution in [0.3, 0.4) is 0 Å². The van der Waals surface area contributed by atoms with Gasteiger partial charge in [-0.3, -0.25) is 4.79 Å². The average Bonchev–Trinajstić information content (AvgIpc) is 3.12. The van der Waals surface area contributed by atoms with E-state index in [1.807, 2.05) is 19.9 Å². The zero-order valence-electron chi connectivity index (χ0n) is 14.3. The molecule has 1 aromatic carbocycles. The summed E-state index contributed by atoms with van der Waals surface area (Å²) in [5, 5.41) is 0.352. The van der Waals surface area contributed by atoms with Crippen molar-refractivity contribution in [3.63, 3.8) is 0 Å². The first kappa shape index (κ1) is 18.2. The van der Waals surface area contributed by atoms with Crippen LogP contribution in [-0.2, 0) is 0 Å². The second-order valence-corrected chi connectivity index (χ2v) is 5.85. The molecule has 0 aliphatic carbocycles. The quantitative estimate of drug-likeness (QED) is 0.733. The van der Waals surface area contributed by atoms with Crippen molar-refractivity contribution in [1.82, 2.24) is 4.90 Å². The Morgan fingerprint density at radius 3 is 2.75 bits per heavy atom. The number of ether oxygens (including phenoxy) is 2. The van der Waals surface area contributed by atoms with Crippen molar-refractivity contribution in [2.75, 3.05) is 20.8 Å². The maximum atomic E-state index is 12.8. The van der Waals surface area contributed by atoms with Crippen LogP contribution in [0.2, 0.25) is 5.02 Å². The summed E-state index contributed by atoms with van der Waals surface area (Å²) >= 11 is 6.28. The molecule has 1 atom stereocenters. The number of benzene rings is 1. The summed E-state index contributed by atoms with van der Waals surface area (Å²) in [7, 11) is 3.24. The lowest BCUT2D eigenvalue weighted by Gasteiger charge is -2.24. The number of furan rings is 1. The van der Waals surface area contributed by atoms with Crippen LogP contribution < -0.4 is 9.47 Å². The molecule has 0 aliphatic rings. The van der Waals surface area contributed by atoms with E-state index >= 15 is 0 Å². The summed E-state index contributed by atoms with van der Waals surface area (Å²) in [5.74, 6) is 1.44. The first-order valence-corrected chi connectivity index (χ1v) is 8.18. The third-order valence-electron chi connectivity index (χ3n) is 3.78. The molecule has 1 aromatic heterocycles. The molecular formula is C18H22ClNO4. The molecule has 2 aromatic rings. The Hall–Kier alpha value is -2.14. The van der Waals surface area contributed by atoms with E-state index in [9.17, 15) is 4.79 Å². The molecule has 0 N–H and O–H groups in total. The molecule has 5 nitrogen and oxygen atoms in total. The molecule has 0 radical (unpaired) electrons. The number of hydrogen-bond donors (Lipinski definition) is 0. The van der Waals surface area contributed by atoms with E-state index in [0.29, 0.717) is 34.5 Å². The summed E-state index contributed by atoms with van der Waals surface area (Å²) in [5.41, 5.74) is 0.432. The second-order valence-electron chi connectivity index (χ2n) is 5.45. The molecule has 0 saturated carbocycles. The average molecular weight is 352 g/mol. The van der Waals surface area contributed by atoms with E-state index < -0.39 is 0 Å². The standard InChI is InChI=1S/C18H22ClNO4/c1-5-8-24-17-14(19)10-13(11-16(17)22-4)18(21)20(3)12(2)15-7-6-9-23-15/h6-7,9-12H,5,8H2,1-4H3. The van der Waals surface area contributed by atoms with Crippen molar-refractivity contribution in [2.24, 2.45) is 0 Å². The van der Waals surface area contributed by atoms with Gasteiger partial charge in [0.1, 0.15) is 5.76 Å². The second kappa shape index (κ2) is 8.11. The molecule has 0 aliphatic heterocycles. The van der Waals surface area contributed by atoms with Crippen molar-refractivity contribution < 1.29 is 18.7 Å². The molecule has 24 heavy (non-hydrogen) atoms. The first-order chi connectivity index (χ1) is 11.5. The van der Waals surface area contributed by atoms with Crippen molar-refractivity contribution in [1.29, 1.82) is 0 Å². The molecule has 1 unspecified atom stereocenters. The maximum absolute atomic E-state index is 12.8. The minimum absolute atomic E-state index is 0.179. The van der Waals surface area contributed by atoms with Crippen molar-refractivity contribution in [2.45, 2.75) is 26.3 Å². The van der Waals surface area contributed by atoms with Gasteiger partial charge in [-0.1, -0.05) is 18.5 Å². The largest absolute Gasteiger partial charge is 0.493 e. The SMILES string of the molecule is CCCOc1c(Cl)cc(C(=O)N(C)C(C)c2ccco2)cc1OC. The highest BCUT2D eigenvalue weighted by Crippen LogP contribution is 2.37. The fourth-order valence-corrected chi connectivity index (χ4v) is 2.55. The number of methoxy groups -OCH3 is 1.